The molecule has 0 fully saturated rings. The smallest absolute Gasteiger partial charge is 0.326 e. The van der Waals surface area contributed by atoms with E-state index in [1.807, 2.05) is 18.2 Å². The maximum atomic E-state index is 12.0. The van der Waals surface area contributed by atoms with Crippen LogP contribution in [0, 0.1) is 0 Å². The molecule has 0 aliphatic carbocycles. The van der Waals surface area contributed by atoms with Gasteiger partial charge in [-0.3, -0.25) is 4.90 Å². The van der Waals surface area contributed by atoms with Gasteiger partial charge in [-0.15, -0.1) is 0 Å². The summed E-state index contributed by atoms with van der Waals surface area (Å²) in [6.45, 7) is 1.47. The Bertz CT molecular complexity index is 405. The first-order valence-electron chi connectivity index (χ1n) is 5.23. The summed E-state index contributed by atoms with van der Waals surface area (Å²) in [6.07, 6.45) is 0. The number of para-hydroxylation sites is 1. The molecule has 1 N–H and O–H groups in total. The van der Waals surface area contributed by atoms with Crippen LogP contribution in [0.2, 0.25) is 0 Å². The van der Waals surface area contributed by atoms with Crippen molar-refractivity contribution < 1.29 is 14.7 Å². The standard InChI is InChI=1S/C12H16N2O3/c1-9(11(15)16)13(2)12(17)14(3)10-7-5-4-6-8-10/h4-9H,1-3H3,(H,15,16). The van der Waals surface area contributed by atoms with Crippen molar-refractivity contribution in [1.29, 1.82) is 0 Å². The van der Waals surface area contributed by atoms with Crippen molar-refractivity contribution in [1.82, 2.24) is 4.90 Å². The second-order valence-corrected chi connectivity index (χ2v) is 3.80. The number of rotatable bonds is 3. The number of benzene rings is 1. The molecule has 0 aliphatic heterocycles. The molecule has 1 atom stereocenters. The average Bonchev–Trinajstić information content (AvgIpc) is 2.36. The Balaban J connectivity index is 2.80. The minimum Gasteiger partial charge on any atom is -0.480 e. The van der Waals surface area contributed by atoms with E-state index < -0.39 is 12.0 Å². The van der Waals surface area contributed by atoms with E-state index in [2.05, 4.69) is 0 Å². The van der Waals surface area contributed by atoms with Crippen LogP contribution in [0.15, 0.2) is 30.3 Å². The van der Waals surface area contributed by atoms with Gasteiger partial charge in [0.1, 0.15) is 6.04 Å². The Kier molecular flexibility index (Phi) is 4.09. The highest BCUT2D eigenvalue weighted by molar-refractivity contribution is 5.93. The summed E-state index contributed by atoms with van der Waals surface area (Å²) in [4.78, 5) is 25.4. The van der Waals surface area contributed by atoms with Crippen molar-refractivity contribution in [3.05, 3.63) is 30.3 Å². The first kappa shape index (κ1) is 13.0. The zero-order valence-electron chi connectivity index (χ0n) is 10.1. The minimum absolute atomic E-state index is 0.355. The number of carbonyl (C=O) groups excluding carboxylic acids is 1. The quantitative estimate of drug-likeness (QED) is 0.868. The summed E-state index contributed by atoms with van der Waals surface area (Å²) >= 11 is 0. The van der Waals surface area contributed by atoms with Gasteiger partial charge >= 0.3 is 12.0 Å². The van der Waals surface area contributed by atoms with Crippen LogP contribution >= 0.6 is 0 Å². The number of hydrogen-bond acceptors (Lipinski definition) is 2. The fraction of sp³-hybridized carbons (Fsp3) is 0.333. The average molecular weight is 236 g/mol. The van der Waals surface area contributed by atoms with Crippen molar-refractivity contribution in [2.75, 3.05) is 19.0 Å². The van der Waals surface area contributed by atoms with E-state index in [-0.39, 0.29) is 6.03 Å². The van der Waals surface area contributed by atoms with Gasteiger partial charge in [0.2, 0.25) is 0 Å². The topological polar surface area (TPSA) is 60.9 Å². The summed E-state index contributed by atoms with van der Waals surface area (Å²) in [5.41, 5.74) is 0.724. The molecule has 0 saturated carbocycles. The van der Waals surface area contributed by atoms with Crippen molar-refractivity contribution in [2.24, 2.45) is 0 Å². The molecule has 92 valence electrons. The molecule has 0 saturated heterocycles. The van der Waals surface area contributed by atoms with Gasteiger partial charge < -0.3 is 10.0 Å². The third kappa shape index (κ3) is 2.96. The fourth-order valence-electron chi connectivity index (χ4n) is 1.33. The maximum absolute atomic E-state index is 12.0. The lowest BCUT2D eigenvalue weighted by Crippen LogP contribution is -2.46. The lowest BCUT2D eigenvalue weighted by Gasteiger charge is -2.27. The first-order chi connectivity index (χ1) is 7.95. The van der Waals surface area contributed by atoms with Gasteiger partial charge in [0.25, 0.3) is 0 Å². The molecule has 0 bridgehead atoms. The van der Waals surface area contributed by atoms with E-state index in [1.165, 1.54) is 23.8 Å². The molecule has 1 aromatic carbocycles. The van der Waals surface area contributed by atoms with E-state index in [0.29, 0.717) is 0 Å². The van der Waals surface area contributed by atoms with Crippen LogP contribution in [0.4, 0.5) is 10.5 Å². The first-order valence-corrected chi connectivity index (χ1v) is 5.23. The second-order valence-electron chi connectivity index (χ2n) is 3.80. The van der Waals surface area contributed by atoms with Gasteiger partial charge in [0.15, 0.2) is 0 Å². The van der Waals surface area contributed by atoms with Crippen LogP contribution in [0.5, 0.6) is 0 Å². The van der Waals surface area contributed by atoms with Gasteiger partial charge in [-0.25, -0.2) is 9.59 Å². The van der Waals surface area contributed by atoms with E-state index in [4.69, 9.17) is 5.11 Å². The molecule has 0 heterocycles. The Morgan fingerprint density at radius 1 is 1.18 bits per heavy atom. The van der Waals surface area contributed by atoms with Crippen molar-refractivity contribution in [3.63, 3.8) is 0 Å². The third-order valence-electron chi connectivity index (χ3n) is 2.67. The Hall–Kier alpha value is -2.04. The monoisotopic (exact) mass is 236 g/mol. The second kappa shape index (κ2) is 5.34. The number of aliphatic carboxylic acids is 1. The SMILES string of the molecule is CC(C(=O)O)N(C)C(=O)N(C)c1ccccc1. The maximum Gasteiger partial charge on any atom is 0.326 e. The molecule has 17 heavy (non-hydrogen) atoms. The van der Waals surface area contributed by atoms with Crippen LogP contribution in [0.3, 0.4) is 0 Å². The Morgan fingerprint density at radius 3 is 2.18 bits per heavy atom. The number of amides is 2. The molecular formula is C12H16N2O3. The summed E-state index contributed by atoms with van der Waals surface area (Å²) < 4.78 is 0. The number of anilines is 1. The van der Waals surface area contributed by atoms with Gasteiger partial charge in [0.05, 0.1) is 0 Å². The minimum atomic E-state index is -1.03. The number of carboxylic acid groups (broad SMARTS) is 1. The predicted octanol–water partition coefficient (Wildman–Crippen LogP) is 1.65. The van der Waals surface area contributed by atoms with Crippen LogP contribution in [0.1, 0.15) is 6.92 Å². The Morgan fingerprint density at radius 2 is 1.71 bits per heavy atom. The van der Waals surface area contributed by atoms with Crippen molar-refractivity contribution >= 4 is 17.7 Å². The zero-order valence-corrected chi connectivity index (χ0v) is 10.1. The summed E-state index contributed by atoms with van der Waals surface area (Å²) in [7, 11) is 3.09. The van der Waals surface area contributed by atoms with Gasteiger partial charge in [-0.1, -0.05) is 18.2 Å². The number of carbonyl (C=O) groups is 2. The van der Waals surface area contributed by atoms with Crippen LogP contribution in [-0.4, -0.2) is 42.1 Å². The summed E-state index contributed by atoms with van der Waals surface area (Å²) in [5.74, 6) is -1.03. The molecule has 2 amide bonds. The number of urea groups is 1. The summed E-state index contributed by atoms with van der Waals surface area (Å²) in [6, 6.07) is 7.86. The third-order valence-corrected chi connectivity index (χ3v) is 2.67. The molecule has 1 rings (SSSR count). The van der Waals surface area contributed by atoms with E-state index in [9.17, 15) is 9.59 Å². The van der Waals surface area contributed by atoms with E-state index >= 15 is 0 Å². The number of nitrogens with zero attached hydrogens (tertiary/aromatic N) is 2. The lowest BCUT2D eigenvalue weighted by molar-refractivity contribution is -0.141. The molecule has 0 aromatic heterocycles. The number of carboxylic acids is 1. The highest BCUT2D eigenvalue weighted by Gasteiger charge is 2.24. The molecule has 0 aliphatic rings. The van der Waals surface area contributed by atoms with Crippen LogP contribution in [-0.2, 0) is 4.79 Å². The zero-order chi connectivity index (χ0) is 13.0. The van der Waals surface area contributed by atoms with Gasteiger partial charge in [0, 0.05) is 19.8 Å². The largest absolute Gasteiger partial charge is 0.480 e. The van der Waals surface area contributed by atoms with Crippen molar-refractivity contribution in [2.45, 2.75) is 13.0 Å². The summed E-state index contributed by atoms with van der Waals surface area (Å²) in [5, 5.41) is 8.84. The highest BCUT2D eigenvalue weighted by atomic mass is 16.4. The molecule has 0 radical (unpaired) electrons. The van der Waals surface area contributed by atoms with Gasteiger partial charge in [-0.2, -0.15) is 0 Å². The van der Waals surface area contributed by atoms with E-state index in [1.54, 1.807) is 19.2 Å². The Labute approximate surface area is 100 Å². The molecular weight excluding hydrogens is 220 g/mol. The number of hydrogen-bond donors (Lipinski definition) is 1. The molecule has 5 heteroatoms. The molecule has 0 spiro atoms. The van der Waals surface area contributed by atoms with Crippen molar-refractivity contribution in [3.8, 4) is 0 Å². The van der Waals surface area contributed by atoms with E-state index in [0.717, 1.165) is 5.69 Å². The molecule has 1 aromatic rings. The van der Waals surface area contributed by atoms with Crippen LogP contribution < -0.4 is 4.90 Å². The molecule has 5 nitrogen and oxygen atoms in total. The van der Waals surface area contributed by atoms with Crippen LogP contribution in [0.25, 0.3) is 0 Å². The predicted molar refractivity (Wildman–Crippen MR) is 65.1 cm³/mol. The lowest BCUT2D eigenvalue weighted by atomic mass is 10.3. The highest BCUT2D eigenvalue weighted by Crippen LogP contribution is 2.13. The molecule has 1 unspecified atom stereocenters. The number of likely N-dealkylation sites (N-methyl/N-ethyl adjacent to an activating group) is 1. The fourth-order valence-corrected chi connectivity index (χ4v) is 1.33. The normalized spacial score (nSPS) is 11.7. The van der Waals surface area contributed by atoms with Gasteiger partial charge in [-0.05, 0) is 19.1 Å².